The maximum Gasteiger partial charge on any atom is 0.309 e. The Hall–Kier alpha value is -1.26. The normalized spacial score (nSPS) is 21.1. The topological polar surface area (TPSA) is 69.4 Å². The van der Waals surface area contributed by atoms with Crippen LogP contribution in [0.5, 0.6) is 0 Å². The summed E-state index contributed by atoms with van der Waals surface area (Å²) in [7, 11) is 1.36. The number of fused-ring (bicyclic) bond motifs is 1. The summed E-state index contributed by atoms with van der Waals surface area (Å²) in [6, 6.07) is 3.52. The van der Waals surface area contributed by atoms with E-state index >= 15 is 0 Å². The van der Waals surface area contributed by atoms with Crippen LogP contribution >= 0.6 is 23.2 Å². The van der Waals surface area contributed by atoms with Gasteiger partial charge in [-0.1, -0.05) is 23.2 Å². The maximum absolute atomic E-state index is 11.8. The van der Waals surface area contributed by atoms with Crippen LogP contribution in [0.3, 0.4) is 0 Å². The van der Waals surface area contributed by atoms with Crippen LogP contribution in [-0.2, 0) is 20.7 Å². The molecule has 2 N–H and O–H groups in total. The molecule has 1 aliphatic carbocycles. The molecule has 1 aliphatic rings. The second-order valence-electron chi connectivity index (χ2n) is 4.99. The van der Waals surface area contributed by atoms with Gasteiger partial charge in [-0.2, -0.15) is 0 Å². The van der Waals surface area contributed by atoms with Gasteiger partial charge in [0.15, 0.2) is 0 Å². The molecule has 1 aromatic carbocycles. The van der Waals surface area contributed by atoms with Gasteiger partial charge in [0.05, 0.1) is 23.1 Å². The molecule has 0 saturated heterocycles. The summed E-state index contributed by atoms with van der Waals surface area (Å²) in [5.74, 6) is -1.10. The number of hydrogen-bond acceptors (Lipinski definition) is 3. The number of halogens is 2. The lowest BCUT2D eigenvalue weighted by molar-refractivity contribution is -0.146. The van der Waals surface area contributed by atoms with Gasteiger partial charge in [0.25, 0.3) is 0 Å². The zero-order chi connectivity index (χ0) is 14.9. The standard InChI is InChI=1S/C14H15Cl2NO3/c1-20-14(19)9-2-7-4-11(15)12(16)6-10(7)8(3-9)5-13(17)18/h4,6,8-9H,2-3,5H2,1H3,(H2,17,18). The summed E-state index contributed by atoms with van der Waals surface area (Å²) >= 11 is 12.1. The summed E-state index contributed by atoms with van der Waals surface area (Å²) in [6.07, 6.45) is 1.24. The van der Waals surface area contributed by atoms with Crippen molar-refractivity contribution in [1.82, 2.24) is 0 Å². The van der Waals surface area contributed by atoms with Crippen LogP contribution in [0.2, 0.25) is 10.0 Å². The molecule has 0 fully saturated rings. The number of nitrogens with two attached hydrogens (primary N) is 1. The molecule has 4 nitrogen and oxygen atoms in total. The molecule has 1 aromatic rings. The number of rotatable bonds is 3. The highest BCUT2D eigenvalue weighted by molar-refractivity contribution is 6.42. The Morgan fingerprint density at radius 3 is 2.60 bits per heavy atom. The van der Waals surface area contributed by atoms with Crippen molar-refractivity contribution in [1.29, 1.82) is 0 Å². The van der Waals surface area contributed by atoms with Crippen molar-refractivity contribution < 1.29 is 14.3 Å². The third-order valence-electron chi connectivity index (χ3n) is 3.64. The molecule has 2 unspecified atom stereocenters. The molecule has 0 spiro atoms. The van der Waals surface area contributed by atoms with Gasteiger partial charge in [-0.05, 0) is 42.0 Å². The van der Waals surface area contributed by atoms with Crippen LogP contribution in [0.15, 0.2) is 12.1 Å². The van der Waals surface area contributed by atoms with Gasteiger partial charge in [0.1, 0.15) is 0 Å². The van der Waals surface area contributed by atoms with Gasteiger partial charge in [-0.3, -0.25) is 9.59 Å². The van der Waals surface area contributed by atoms with Gasteiger partial charge in [0, 0.05) is 6.42 Å². The summed E-state index contributed by atoms with van der Waals surface area (Å²) in [6.45, 7) is 0. The molecule has 20 heavy (non-hydrogen) atoms. The average Bonchev–Trinajstić information content (AvgIpc) is 2.39. The number of amides is 1. The predicted molar refractivity (Wildman–Crippen MR) is 76.8 cm³/mol. The van der Waals surface area contributed by atoms with E-state index < -0.39 is 5.91 Å². The molecule has 108 valence electrons. The van der Waals surface area contributed by atoms with Crippen molar-refractivity contribution in [3.63, 3.8) is 0 Å². The molecule has 2 atom stereocenters. The molecule has 0 aromatic heterocycles. The largest absolute Gasteiger partial charge is 0.469 e. The zero-order valence-corrected chi connectivity index (χ0v) is 12.5. The lowest BCUT2D eigenvalue weighted by Crippen LogP contribution is -2.28. The van der Waals surface area contributed by atoms with E-state index in [1.165, 1.54) is 7.11 Å². The van der Waals surface area contributed by atoms with E-state index in [1.54, 1.807) is 12.1 Å². The van der Waals surface area contributed by atoms with Gasteiger partial charge in [-0.15, -0.1) is 0 Å². The van der Waals surface area contributed by atoms with E-state index in [-0.39, 0.29) is 24.2 Å². The van der Waals surface area contributed by atoms with Crippen molar-refractivity contribution in [2.45, 2.75) is 25.2 Å². The monoisotopic (exact) mass is 315 g/mol. The van der Waals surface area contributed by atoms with Gasteiger partial charge < -0.3 is 10.5 Å². The Bertz CT molecular complexity index is 560. The molecule has 0 saturated carbocycles. The second kappa shape index (κ2) is 6.02. The third kappa shape index (κ3) is 3.07. The highest BCUT2D eigenvalue weighted by Crippen LogP contribution is 2.40. The molecule has 1 amide bonds. The van der Waals surface area contributed by atoms with Crippen molar-refractivity contribution in [3.8, 4) is 0 Å². The molecule has 6 heteroatoms. The molecular weight excluding hydrogens is 301 g/mol. The first kappa shape index (κ1) is 15.1. The summed E-state index contributed by atoms with van der Waals surface area (Å²) < 4.78 is 4.80. The first-order chi connectivity index (χ1) is 9.42. The smallest absolute Gasteiger partial charge is 0.309 e. The van der Waals surface area contributed by atoms with Crippen LogP contribution in [0.1, 0.15) is 29.9 Å². The average molecular weight is 316 g/mol. The number of hydrogen-bond donors (Lipinski definition) is 1. The van der Waals surface area contributed by atoms with Crippen LogP contribution < -0.4 is 5.73 Å². The molecular formula is C14H15Cl2NO3. The minimum absolute atomic E-state index is 0.130. The van der Waals surface area contributed by atoms with Crippen LogP contribution in [0.25, 0.3) is 0 Å². The fraction of sp³-hybridized carbons (Fsp3) is 0.429. The van der Waals surface area contributed by atoms with Crippen LogP contribution in [0, 0.1) is 5.92 Å². The Kier molecular flexibility index (Phi) is 4.55. The fourth-order valence-electron chi connectivity index (χ4n) is 2.76. The van der Waals surface area contributed by atoms with Crippen molar-refractivity contribution in [2.24, 2.45) is 11.7 Å². The first-order valence-corrected chi connectivity index (χ1v) is 7.02. The lowest BCUT2D eigenvalue weighted by atomic mass is 9.75. The van der Waals surface area contributed by atoms with Crippen LogP contribution in [0.4, 0.5) is 0 Å². The van der Waals surface area contributed by atoms with Crippen molar-refractivity contribution in [2.75, 3.05) is 7.11 Å². The number of carbonyl (C=O) groups is 2. The molecule has 2 rings (SSSR count). The lowest BCUT2D eigenvalue weighted by Gasteiger charge is -2.30. The number of carbonyl (C=O) groups excluding carboxylic acids is 2. The number of ether oxygens (including phenoxy) is 1. The van der Waals surface area contributed by atoms with E-state index in [2.05, 4.69) is 0 Å². The third-order valence-corrected chi connectivity index (χ3v) is 4.36. The molecule has 0 bridgehead atoms. The van der Waals surface area contributed by atoms with Gasteiger partial charge in [0.2, 0.25) is 5.91 Å². The van der Waals surface area contributed by atoms with E-state index in [0.717, 1.165) is 11.1 Å². The van der Waals surface area contributed by atoms with Gasteiger partial charge in [-0.25, -0.2) is 0 Å². The summed E-state index contributed by atoms with van der Waals surface area (Å²) in [5.41, 5.74) is 7.15. The number of benzene rings is 1. The molecule has 0 radical (unpaired) electrons. The van der Waals surface area contributed by atoms with E-state index in [0.29, 0.717) is 22.9 Å². The van der Waals surface area contributed by atoms with E-state index in [4.69, 9.17) is 33.7 Å². The Balaban J connectivity index is 2.40. The molecule has 0 heterocycles. The van der Waals surface area contributed by atoms with Gasteiger partial charge >= 0.3 is 5.97 Å². The Morgan fingerprint density at radius 2 is 2.00 bits per heavy atom. The van der Waals surface area contributed by atoms with Crippen molar-refractivity contribution >= 4 is 35.1 Å². The van der Waals surface area contributed by atoms with Crippen molar-refractivity contribution in [3.05, 3.63) is 33.3 Å². The Labute approximate surface area is 127 Å². The molecule has 0 aliphatic heterocycles. The van der Waals surface area contributed by atoms with Crippen LogP contribution in [-0.4, -0.2) is 19.0 Å². The second-order valence-corrected chi connectivity index (χ2v) is 5.81. The zero-order valence-electron chi connectivity index (χ0n) is 11.0. The maximum atomic E-state index is 11.8. The quantitative estimate of drug-likeness (QED) is 0.872. The highest BCUT2D eigenvalue weighted by atomic mass is 35.5. The number of primary amides is 1. The SMILES string of the molecule is COC(=O)C1Cc2cc(Cl)c(Cl)cc2C(CC(N)=O)C1. The van der Waals surface area contributed by atoms with E-state index in [1.807, 2.05) is 0 Å². The minimum Gasteiger partial charge on any atom is -0.469 e. The number of methoxy groups -OCH3 is 1. The van der Waals surface area contributed by atoms with E-state index in [9.17, 15) is 9.59 Å². The first-order valence-electron chi connectivity index (χ1n) is 6.26. The predicted octanol–water partition coefficient (Wildman–Crippen LogP) is 2.69. The fourth-order valence-corrected chi connectivity index (χ4v) is 3.12. The highest BCUT2D eigenvalue weighted by Gasteiger charge is 2.33. The summed E-state index contributed by atoms with van der Waals surface area (Å²) in [4.78, 5) is 23.0. The minimum atomic E-state index is -0.405. The summed E-state index contributed by atoms with van der Waals surface area (Å²) in [5, 5.41) is 0.880. The number of esters is 1. The Morgan fingerprint density at radius 1 is 1.35 bits per heavy atom.